The van der Waals surface area contributed by atoms with Crippen molar-refractivity contribution in [3.05, 3.63) is 48.6 Å². The van der Waals surface area contributed by atoms with Crippen LogP contribution >= 0.6 is 0 Å². The van der Waals surface area contributed by atoms with Gasteiger partial charge in [-0.3, -0.25) is 14.4 Å². The maximum atomic E-state index is 12.9. The first-order valence-electron chi connectivity index (χ1n) is 32.6. The molecule has 0 bridgehead atoms. The lowest BCUT2D eigenvalue weighted by molar-refractivity contribution is -0.167. The number of ether oxygens (including phenoxy) is 3. The average molecular weight is 1040 g/mol. The van der Waals surface area contributed by atoms with Gasteiger partial charge in [-0.2, -0.15) is 0 Å². The standard InChI is InChI=1S/C68H124O6/c1-4-7-10-13-16-19-22-25-27-29-30-31-32-33-34-35-36-37-38-39-41-43-46-49-52-55-58-61-67(70)73-64-65(63-72-66(69)60-57-54-51-48-45-42-24-21-18-15-12-9-6-3)74-68(71)62-59-56-53-50-47-44-40-28-26-23-20-17-14-11-8-5-2/h9,12,18,21,29-30,42,45,65H,4-8,10-11,13-17,19-20,22-28,31-41,43-44,46-64H2,1-3H3/b12-9-,21-18-,30-29-,45-42-. The Morgan fingerprint density at radius 2 is 0.527 bits per heavy atom. The zero-order valence-electron chi connectivity index (χ0n) is 49.6. The van der Waals surface area contributed by atoms with Crippen LogP contribution in [0.2, 0.25) is 0 Å². The fraction of sp³-hybridized carbons (Fsp3) is 0.838. The summed E-state index contributed by atoms with van der Waals surface area (Å²) in [5.74, 6) is -0.888. The molecule has 6 nitrogen and oxygen atoms in total. The molecular formula is C68H124O6. The van der Waals surface area contributed by atoms with Crippen LogP contribution in [0.4, 0.5) is 0 Å². The van der Waals surface area contributed by atoms with Crippen LogP contribution < -0.4 is 0 Å². The molecule has 1 atom stereocenters. The van der Waals surface area contributed by atoms with Crippen molar-refractivity contribution >= 4 is 17.9 Å². The smallest absolute Gasteiger partial charge is 0.306 e. The van der Waals surface area contributed by atoms with Crippen molar-refractivity contribution in [2.24, 2.45) is 0 Å². The van der Waals surface area contributed by atoms with E-state index in [1.54, 1.807) is 0 Å². The minimum Gasteiger partial charge on any atom is -0.462 e. The molecular weight excluding hydrogens is 913 g/mol. The summed E-state index contributed by atoms with van der Waals surface area (Å²) in [4.78, 5) is 38.3. The molecule has 0 rings (SSSR count). The van der Waals surface area contributed by atoms with Crippen molar-refractivity contribution in [1.29, 1.82) is 0 Å². The van der Waals surface area contributed by atoms with Crippen molar-refractivity contribution in [2.45, 2.75) is 354 Å². The van der Waals surface area contributed by atoms with Crippen LogP contribution in [0, 0.1) is 0 Å². The lowest BCUT2D eigenvalue weighted by atomic mass is 10.0. The molecule has 0 radical (unpaired) electrons. The molecule has 0 heterocycles. The summed E-state index contributed by atoms with van der Waals surface area (Å²) in [6.45, 7) is 6.55. The Kier molecular flexibility index (Phi) is 60.7. The van der Waals surface area contributed by atoms with Gasteiger partial charge in [-0.25, -0.2) is 0 Å². The Bertz CT molecular complexity index is 1280. The minimum absolute atomic E-state index is 0.0783. The first kappa shape index (κ1) is 71.4. The second-order valence-electron chi connectivity index (χ2n) is 22.0. The molecule has 0 spiro atoms. The molecule has 0 aliphatic rings. The number of carbonyl (C=O) groups is 3. The second-order valence-corrected chi connectivity index (χ2v) is 22.0. The van der Waals surface area contributed by atoms with Crippen LogP contribution in [0.25, 0.3) is 0 Å². The highest BCUT2D eigenvalue weighted by Crippen LogP contribution is 2.18. The monoisotopic (exact) mass is 1040 g/mol. The first-order chi connectivity index (χ1) is 36.5. The van der Waals surface area contributed by atoms with Crippen molar-refractivity contribution in [3.63, 3.8) is 0 Å². The molecule has 0 aliphatic heterocycles. The van der Waals surface area contributed by atoms with E-state index in [2.05, 4.69) is 69.4 Å². The zero-order chi connectivity index (χ0) is 53.6. The number of esters is 3. The van der Waals surface area contributed by atoms with Gasteiger partial charge in [0.15, 0.2) is 6.10 Å². The maximum Gasteiger partial charge on any atom is 0.306 e. The third kappa shape index (κ3) is 60.2. The van der Waals surface area contributed by atoms with Crippen LogP contribution in [0.3, 0.4) is 0 Å². The van der Waals surface area contributed by atoms with Crippen LogP contribution in [0.1, 0.15) is 348 Å². The summed E-state index contributed by atoms with van der Waals surface area (Å²) < 4.78 is 16.9. The predicted molar refractivity (Wildman–Crippen MR) is 321 cm³/mol. The van der Waals surface area contributed by atoms with Crippen LogP contribution in [-0.2, 0) is 28.6 Å². The molecule has 0 aromatic rings. The topological polar surface area (TPSA) is 78.9 Å². The Morgan fingerprint density at radius 1 is 0.284 bits per heavy atom. The van der Waals surface area contributed by atoms with Crippen LogP contribution in [0.5, 0.6) is 0 Å². The summed E-state index contributed by atoms with van der Waals surface area (Å²) in [7, 11) is 0. The second kappa shape index (κ2) is 62.9. The number of hydrogen-bond acceptors (Lipinski definition) is 6. The van der Waals surface area contributed by atoms with E-state index >= 15 is 0 Å². The molecule has 1 unspecified atom stereocenters. The fourth-order valence-electron chi connectivity index (χ4n) is 9.69. The Labute approximate surface area is 460 Å². The van der Waals surface area contributed by atoms with E-state index in [9.17, 15) is 14.4 Å². The van der Waals surface area contributed by atoms with Gasteiger partial charge < -0.3 is 14.2 Å². The number of allylic oxidation sites excluding steroid dienone is 8. The average Bonchev–Trinajstić information content (AvgIpc) is 3.40. The third-order valence-electron chi connectivity index (χ3n) is 14.6. The summed E-state index contributed by atoms with van der Waals surface area (Å²) in [5.41, 5.74) is 0. The van der Waals surface area contributed by atoms with Crippen molar-refractivity contribution in [3.8, 4) is 0 Å². The minimum atomic E-state index is -0.782. The fourth-order valence-corrected chi connectivity index (χ4v) is 9.69. The number of rotatable bonds is 60. The van der Waals surface area contributed by atoms with Crippen LogP contribution in [0.15, 0.2) is 48.6 Å². The Morgan fingerprint density at radius 3 is 0.851 bits per heavy atom. The third-order valence-corrected chi connectivity index (χ3v) is 14.6. The summed E-state index contributed by atoms with van der Waals surface area (Å²) in [5, 5.41) is 0. The summed E-state index contributed by atoms with van der Waals surface area (Å²) in [6.07, 6.45) is 78.5. The number of hydrogen-bond donors (Lipinski definition) is 0. The highest BCUT2D eigenvalue weighted by atomic mass is 16.6. The summed E-state index contributed by atoms with van der Waals surface area (Å²) in [6, 6.07) is 0. The van der Waals surface area contributed by atoms with Gasteiger partial charge in [-0.1, -0.05) is 301 Å². The van der Waals surface area contributed by atoms with Gasteiger partial charge in [0, 0.05) is 19.3 Å². The van der Waals surface area contributed by atoms with E-state index in [1.165, 1.54) is 225 Å². The van der Waals surface area contributed by atoms with E-state index in [1.807, 2.05) is 0 Å². The van der Waals surface area contributed by atoms with Gasteiger partial charge in [0.2, 0.25) is 0 Å². The Balaban J connectivity index is 4.21. The molecule has 6 heteroatoms. The van der Waals surface area contributed by atoms with E-state index in [4.69, 9.17) is 14.2 Å². The molecule has 0 fully saturated rings. The quantitative estimate of drug-likeness (QED) is 0.0261. The van der Waals surface area contributed by atoms with Crippen molar-refractivity contribution in [2.75, 3.05) is 13.2 Å². The highest BCUT2D eigenvalue weighted by molar-refractivity contribution is 5.71. The summed E-state index contributed by atoms with van der Waals surface area (Å²) >= 11 is 0. The van der Waals surface area contributed by atoms with E-state index in [0.29, 0.717) is 19.3 Å². The van der Waals surface area contributed by atoms with Crippen LogP contribution in [-0.4, -0.2) is 37.2 Å². The van der Waals surface area contributed by atoms with Gasteiger partial charge in [-0.05, 0) is 77.0 Å². The first-order valence-corrected chi connectivity index (χ1v) is 32.6. The number of carbonyl (C=O) groups excluding carboxylic acids is 3. The molecule has 0 aliphatic carbocycles. The van der Waals surface area contributed by atoms with E-state index in [0.717, 1.165) is 83.5 Å². The molecule has 0 amide bonds. The largest absolute Gasteiger partial charge is 0.462 e. The lowest BCUT2D eigenvalue weighted by Crippen LogP contribution is -2.30. The molecule has 0 saturated heterocycles. The molecule has 0 N–H and O–H groups in total. The number of unbranched alkanes of at least 4 members (excludes halogenated alkanes) is 41. The normalized spacial score (nSPS) is 12.3. The molecule has 0 saturated carbocycles. The molecule has 0 aromatic heterocycles. The van der Waals surface area contributed by atoms with E-state index in [-0.39, 0.29) is 31.1 Å². The lowest BCUT2D eigenvalue weighted by Gasteiger charge is -2.18. The van der Waals surface area contributed by atoms with E-state index < -0.39 is 6.10 Å². The van der Waals surface area contributed by atoms with Crippen molar-refractivity contribution < 1.29 is 28.6 Å². The predicted octanol–water partition coefficient (Wildman–Crippen LogP) is 22.2. The van der Waals surface area contributed by atoms with Gasteiger partial charge >= 0.3 is 17.9 Å². The highest BCUT2D eigenvalue weighted by Gasteiger charge is 2.19. The molecule has 74 heavy (non-hydrogen) atoms. The van der Waals surface area contributed by atoms with Gasteiger partial charge in [0.05, 0.1) is 0 Å². The SMILES string of the molecule is CC/C=C\C/C=C\C/C=C\CCCCCC(=O)OCC(COC(=O)CCCCCCCCCCCCCCCCC/C=C\CCCCCCCCCC)OC(=O)CCCCCCCCCCCCCCCCCC. The van der Waals surface area contributed by atoms with Gasteiger partial charge in [0.25, 0.3) is 0 Å². The van der Waals surface area contributed by atoms with Gasteiger partial charge in [-0.15, -0.1) is 0 Å². The Hall–Kier alpha value is -2.63. The maximum absolute atomic E-state index is 12.9. The zero-order valence-corrected chi connectivity index (χ0v) is 49.6. The molecule has 432 valence electrons. The van der Waals surface area contributed by atoms with Gasteiger partial charge in [0.1, 0.15) is 13.2 Å². The molecule has 0 aromatic carbocycles. The van der Waals surface area contributed by atoms with Crippen molar-refractivity contribution in [1.82, 2.24) is 0 Å².